The Morgan fingerprint density at radius 2 is 1.90 bits per heavy atom. The van der Waals surface area contributed by atoms with Gasteiger partial charge in [0.15, 0.2) is 0 Å². The van der Waals surface area contributed by atoms with Crippen molar-refractivity contribution < 1.29 is 8.78 Å². The average Bonchev–Trinajstić information content (AvgIpc) is 2.76. The van der Waals surface area contributed by atoms with E-state index in [1.54, 1.807) is 18.2 Å². The molecule has 3 rings (SSSR count). The van der Waals surface area contributed by atoms with Crippen molar-refractivity contribution in [1.82, 2.24) is 9.55 Å². The Morgan fingerprint density at radius 1 is 1.14 bits per heavy atom. The first kappa shape index (κ1) is 13.5. The second kappa shape index (κ2) is 4.84. The van der Waals surface area contributed by atoms with E-state index in [0.717, 1.165) is 5.52 Å². The molecule has 0 saturated carbocycles. The SMILES string of the molecule is CC(C)n1c(-c2c(N)cccc2F)nc2cc(F)ccc21. The molecule has 0 atom stereocenters. The van der Waals surface area contributed by atoms with Gasteiger partial charge in [0.2, 0.25) is 0 Å². The van der Waals surface area contributed by atoms with Crippen molar-refractivity contribution in [2.24, 2.45) is 0 Å². The highest BCUT2D eigenvalue weighted by atomic mass is 19.1. The van der Waals surface area contributed by atoms with Crippen LogP contribution in [-0.4, -0.2) is 9.55 Å². The number of nitrogens with zero attached hydrogens (tertiary/aromatic N) is 2. The molecule has 0 aliphatic rings. The number of hydrogen-bond donors (Lipinski definition) is 1. The molecule has 5 heteroatoms. The normalized spacial score (nSPS) is 11.5. The van der Waals surface area contributed by atoms with Crippen LogP contribution in [0.5, 0.6) is 0 Å². The highest BCUT2D eigenvalue weighted by Gasteiger charge is 2.20. The van der Waals surface area contributed by atoms with Crippen LogP contribution in [0, 0.1) is 11.6 Å². The van der Waals surface area contributed by atoms with Gasteiger partial charge in [0.1, 0.15) is 17.5 Å². The molecule has 0 unspecified atom stereocenters. The number of imidazole rings is 1. The highest BCUT2D eigenvalue weighted by molar-refractivity contribution is 5.84. The summed E-state index contributed by atoms with van der Waals surface area (Å²) >= 11 is 0. The van der Waals surface area contributed by atoms with Crippen molar-refractivity contribution in [3.63, 3.8) is 0 Å². The third-order valence-corrected chi connectivity index (χ3v) is 3.44. The summed E-state index contributed by atoms with van der Waals surface area (Å²) < 4.78 is 29.4. The zero-order chi connectivity index (χ0) is 15.1. The lowest BCUT2D eigenvalue weighted by Crippen LogP contribution is -2.05. The molecule has 0 aliphatic carbocycles. The molecule has 21 heavy (non-hydrogen) atoms. The average molecular weight is 287 g/mol. The van der Waals surface area contributed by atoms with Crippen molar-refractivity contribution in [1.29, 1.82) is 0 Å². The first-order valence-corrected chi connectivity index (χ1v) is 6.71. The molecular formula is C16H15F2N3. The molecule has 0 bridgehead atoms. The zero-order valence-electron chi connectivity index (χ0n) is 11.8. The number of anilines is 1. The summed E-state index contributed by atoms with van der Waals surface area (Å²) in [5.41, 5.74) is 7.71. The van der Waals surface area contributed by atoms with Gasteiger partial charge in [0, 0.05) is 17.8 Å². The van der Waals surface area contributed by atoms with Crippen LogP contribution in [0.2, 0.25) is 0 Å². The molecule has 3 nitrogen and oxygen atoms in total. The predicted molar refractivity (Wildman–Crippen MR) is 79.9 cm³/mol. The standard InChI is InChI=1S/C16H15F2N3/c1-9(2)21-14-7-6-10(17)8-13(14)20-16(21)15-11(18)4-3-5-12(15)19/h3-9H,19H2,1-2H3. The smallest absolute Gasteiger partial charge is 0.146 e. The lowest BCUT2D eigenvalue weighted by Gasteiger charge is -2.14. The third-order valence-electron chi connectivity index (χ3n) is 3.44. The molecular weight excluding hydrogens is 272 g/mol. The number of hydrogen-bond acceptors (Lipinski definition) is 2. The number of benzene rings is 2. The largest absolute Gasteiger partial charge is 0.398 e. The number of nitrogens with two attached hydrogens (primary N) is 1. The van der Waals surface area contributed by atoms with Gasteiger partial charge in [-0.2, -0.15) is 0 Å². The molecule has 3 aromatic rings. The number of rotatable bonds is 2. The summed E-state index contributed by atoms with van der Waals surface area (Å²) in [5, 5.41) is 0. The van der Waals surface area contributed by atoms with Gasteiger partial charge in [-0.3, -0.25) is 0 Å². The number of nitrogen functional groups attached to an aromatic ring is 1. The molecule has 0 amide bonds. The summed E-state index contributed by atoms with van der Waals surface area (Å²) in [6.07, 6.45) is 0. The van der Waals surface area contributed by atoms with E-state index in [0.29, 0.717) is 17.0 Å². The van der Waals surface area contributed by atoms with Crippen molar-refractivity contribution >= 4 is 16.7 Å². The van der Waals surface area contributed by atoms with Crippen molar-refractivity contribution in [2.75, 3.05) is 5.73 Å². The molecule has 2 aromatic carbocycles. The maximum atomic E-state index is 14.2. The van der Waals surface area contributed by atoms with E-state index in [2.05, 4.69) is 4.98 Å². The van der Waals surface area contributed by atoms with Crippen LogP contribution in [0.25, 0.3) is 22.4 Å². The Hall–Kier alpha value is -2.43. The van der Waals surface area contributed by atoms with Crippen LogP contribution in [0.15, 0.2) is 36.4 Å². The third kappa shape index (κ3) is 2.14. The summed E-state index contributed by atoms with van der Waals surface area (Å²) in [6.45, 7) is 3.93. The van der Waals surface area contributed by atoms with Gasteiger partial charge in [-0.15, -0.1) is 0 Å². The van der Waals surface area contributed by atoms with Gasteiger partial charge in [-0.1, -0.05) is 6.07 Å². The van der Waals surface area contributed by atoms with Crippen molar-refractivity contribution in [3.8, 4) is 11.4 Å². The molecule has 0 fully saturated rings. The van der Waals surface area contributed by atoms with Gasteiger partial charge in [0.25, 0.3) is 0 Å². The van der Waals surface area contributed by atoms with Gasteiger partial charge < -0.3 is 10.3 Å². The van der Waals surface area contributed by atoms with E-state index in [9.17, 15) is 8.78 Å². The van der Waals surface area contributed by atoms with E-state index in [1.165, 1.54) is 18.2 Å². The van der Waals surface area contributed by atoms with Crippen LogP contribution in [0.1, 0.15) is 19.9 Å². The Morgan fingerprint density at radius 3 is 2.57 bits per heavy atom. The predicted octanol–water partition coefficient (Wildman–Crippen LogP) is 4.14. The highest BCUT2D eigenvalue weighted by Crippen LogP contribution is 2.33. The van der Waals surface area contributed by atoms with Crippen LogP contribution in [0.3, 0.4) is 0 Å². The fourth-order valence-corrected chi connectivity index (χ4v) is 2.55. The van der Waals surface area contributed by atoms with Gasteiger partial charge in [-0.05, 0) is 38.1 Å². The Bertz CT molecular complexity index is 801. The summed E-state index contributed by atoms with van der Waals surface area (Å²) in [5.74, 6) is -0.391. The molecule has 0 aliphatic heterocycles. The van der Waals surface area contributed by atoms with Crippen molar-refractivity contribution in [2.45, 2.75) is 19.9 Å². The van der Waals surface area contributed by atoms with Gasteiger partial charge in [0.05, 0.1) is 16.6 Å². The van der Waals surface area contributed by atoms with E-state index < -0.39 is 5.82 Å². The minimum absolute atomic E-state index is 0.0365. The monoisotopic (exact) mass is 287 g/mol. The number of fused-ring (bicyclic) bond motifs is 1. The van der Waals surface area contributed by atoms with E-state index in [1.807, 2.05) is 18.4 Å². The molecule has 1 heterocycles. The van der Waals surface area contributed by atoms with Gasteiger partial charge >= 0.3 is 0 Å². The first-order chi connectivity index (χ1) is 9.99. The topological polar surface area (TPSA) is 43.8 Å². The second-order valence-electron chi connectivity index (χ2n) is 5.24. The molecule has 108 valence electrons. The van der Waals surface area contributed by atoms with E-state index >= 15 is 0 Å². The fraction of sp³-hybridized carbons (Fsp3) is 0.188. The Labute approximate surface area is 121 Å². The maximum absolute atomic E-state index is 14.2. The lowest BCUT2D eigenvalue weighted by molar-refractivity contribution is 0.607. The Kier molecular flexibility index (Phi) is 3.12. The van der Waals surface area contributed by atoms with E-state index in [-0.39, 0.29) is 17.4 Å². The lowest BCUT2D eigenvalue weighted by atomic mass is 10.1. The Balaban J connectivity index is 2.39. The zero-order valence-corrected chi connectivity index (χ0v) is 11.8. The quantitative estimate of drug-likeness (QED) is 0.720. The summed E-state index contributed by atoms with van der Waals surface area (Å²) in [7, 11) is 0. The van der Waals surface area contributed by atoms with Crippen LogP contribution >= 0.6 is 0 Å². The van der Waals surface area contributed by atoms with Crippen LogP contribution < -0.4 is 5.73 Å². The fourth-order valence-electron chi connectivity index (χ4n) is 2.55. The number of halogens is 2. The van der Waals surface area contributed by atoms with Crippen LogP contribution in [-0.2, 0) is 0 Å². The molecule has 2 N–H and O–H groups in total. The summed E-state index contributed by atoms with van der Waals surface area (Å²) in [4.78, 5) is 4.39. The van der Waals surface area contributed by atoms with Gasteiger partial charge in [-0.25, -0.2) is 13.8 Å². The minimum atomic E-state index is -0.437. The molecule has 0 saturated heterocycles. The summed E-state index contributed by atoms with van der Waals surface area (Å²) in [6, 6.07) is 8.93. The molecule has 1 aromatic heterocycles. The maximum Gasteiger partial charge on any atom is 0.146 e. The van der Waals surface area contributed by atoms with E-state index in [4.69, 9.17) is 5.73 Å². The molecule has 0 radical (unpaired) electrons. The minimum Gasteiger partial charge on any atom is -0.398 e. The number of aromatic nitrogens is 2. The van der Waals surface area contributed by atoms with Crippen LogP contribution in [0.4, 0.5) is 14.5 Å². The molecule has 0 spiro atoms. The first-order valence-electron chi connectivity index (χ1n) is 6.71. The second-order valence-corrected chi connectivity index (χ2v) is 5.24. The van der Waals surface area contributed by atoms with Crippen molar-refractivity contribution in [3.05, 3.63) is 48.0 Å².